The third-order valence-corrected chi connectivity index (χ3v) is 1.89. The molecule has 5 N–H and O–H groups in total. The Bertz CT molecular complexity index is 468. The topological polar surface area (TPSA) is 102 Å². The number of hydrogen-bond donors (Lipinski definition) is 3. The zero-order valence-electron chi connectivity index (χ0n) is 9.38. The first-order valence-corrected chi connectivity index (χ1v) is 4.90. The van der Waals surface area contributed by atoms with Gasteiger partial charge in [0, 0.05) is 11.4 Å². The first-order chi connectivity index (χ1) is 7.99. The van der Waals surface area contributed by atoms with Gasteiger partial charge in [-0.2, -0.15) is 0 Å². The maximum Gasteiger partial charge on any atom is 0.371 e. The predicted octanol–water partition coefficient (Wildman–Crippen LogP) is 2.14. The molecule has 0 fully saturated rings. The Morgan fingerprint density at radius 1 is 1.06 bits per heavy atom. The number of nitrogens with two attached hydrogens (primary N) is 2. The van der Waals surface area contributed by atoms with E-state index in [-0.39, 0.29) is 5.76 Å². The van der Waals surface area contributed by atoms with Crippen LogP contribution >= 0.6 is 0 Å². The average Bonchev–Trinajstić information content (AvgIpc) is 2.70. The van der Waals surface area contributed by atoms with Crippen molar-refractivity contribution in [3.05, 3.63) is 47.9 Å². The summed E-state index contributed by atoms with van der Waals surface area (Å²) in [6.45, 7) is 1.70. The van der Waals surface area contributed by atoms with Gasteiger partial charge in [0.25, 0.3) is 0 Å². The molecule has 0 saturated carbocycles. The molecule has 0 amide bonds. The van der Waals surface area contributed by atoms with Crippen LogP contribution in [0, 0.1) is 6.92 Å². The largest absolute Gasteiger partial charge is 0.475 e. The van der Waals surface area contributed by atoms with Crippen molar-refractivity contribution in [3.63, 3.8) is 0 Å². The Labute approximate surface area is 98.7 Å². The number of rotatable bonds is 1. The predicted molar refractivity (Wildman–Crippen MR) is 65.7 cm³/mol. The van der Waals surface area contributed by atoms with Crippen molar-refractivity contribution >= 4 is 17.3 Å². The van der Waals surface area contributed by atoms with E-state index in [9.17, 15) is 4.79 Å². The highest BCUT2D eigenvalue weighted by molar-refractivity contribution is 5.84. The smallest absolute Gasteiger partial charge is 0.371 e. The van der Waals surface area contributed by atoms with Gasteiger partial charge in [0.1, 0.15) is 5.76 Å². The molecule has 5 nitrogen and oxygen atoms in total. The number of benzene rings is 1. The Kier molecular flexibility index (Phi) is 4.16. The van der Waals surface area contributed by atoms with Crippen LogP contribution in [0.2, 0.25) is 0 Å². The van der Waals surface area contributed by atoms with Crippen LogP contribution in [-0.4, -0.2) is 11.1 Å². The van der Waals surface area contributed by atoms with Crippen molar-refractivity contribution in [2.75, 3.05) is 11.5 Å². The summed E-state index contributed by atoms with van der Waals surface area (Å²) in [5, 5.41) is 8.30. The molecule has 0 spiro atoms. The summed E-state index contributed by atoms with van der Waals surface area (Å²) in [5.41, 5.74) is 12.2. The van der Waals surface area contributed by atoms with Gasteiger partial charge >= 0.3 is 5.97 Å². The van der Waals surface area contributed by atoms with Crippen molar-refractivity contribution in [1.29, 1.82) is 0 Å². The van der Waals surface area contributed by atoms with E-state index in [0.29, 0.717) is 5.76 Å². The Morgan fingerprint density at radius 3 is 1.76 bits per heavy atom. The minimum Gasteiger partial charge on any atom is -0.475 e. The lowest BCUT2D eigenvalue weighted by atomic mass is 10.3. The van der Waals surface area contributed by atoms with E-state index in [2.05, 4.69) is 0 Å². The minimum absolute atomic E-state index is 0.00694. The van der Waals surface area contributed by atoms with Gasteiger partial charge < -0.3 is 21.0 Å². The molecular weight excluding hydrogens is 220 g/mol. The molecule has 0 radical (unpaired) electrons. The highest BCUT2D eigenvalue weighted by Gasteiger charge is 2.04. The van der Waals surface area contributed by atoms with Gasteiger partial charge in [-0.25, -0.2) is 4.79 Å². The standard InChI is InChI=1S/C6H8N2.C6H6O3/c7-5-1-2-6(8)4-3-5;1-4-2-3-5(9-4)6(7)8/h1-4H,7-8H2;2-3H,1H3,(H,7,8). The molecule has 0 aliphatic rings. The number of carboxylic acid groups (broad SMARTS) is 1. The SMILES string of the molecule is Cc1ccc(C(=O)O)o1.Nc1ccc(N)cc1. The number of carbonyl (C=O) groups is 1. The molecule has 2 rings (SSSR count). The summed E-state index contributed by atoms with van der Waals surface area (Å²) >= 11 is 0. The summed E-state index contributed by atoms with van der Waals surface area (Å²) in [5.74, 6) is -0.414. The molecule has 0 saturated heterocycles. The first-order valence-electron chi connectivity index (χ1n) is 4.90. The second-order valence-corrected chi connectivity index (χ2v) is 3.38. The molecule has 0 aliphatic heterocycles. The van der Waals surface area contributed by atoms with E-state index < -0.39 is 5.97 Å². The fourth-order valence-electron chi connectivity index (χ4n) is 1.05. The lowest BCUT2D eigenvalue weighted by molar-refractivity contribution is 0.0661. The zero-order valence-corrected chi connectivity index (χ0v) is 9.38. The third-order valence-electron chi connectivity index (χ3n) is 1.89. The fourth-order valence-corrected chi connectivity index (χ4v) is 1.05. The quantitative estimate of drug-likeness (QED) is 0.656. The van der Waals surface area contributed by atoms with Gasteiger partial charge in [-0.1, -0.05) is 0 Å². The van der Waals surface area contributed by atoms with E-state index >= 15 is 0 Å². The van der Waals surface area contributed by atoms with Gasteiger partial charge in [-0.15, -0.1) is 0 Å². The second-order valence-electron chi connectivity index (χ2n) is 3.38. The molecule has 0 unspecified atom stereocenters. The Hall–Kier alpha value is -2.43. The number of nitrogen functional groups attached to an aromatic ring is 2. The van der Waals surface area contributed by atoms with Crippen LogP contribution in [0.1, 0.15) is 16.3 Å². The number of aryl methyl sites for hydroxylation is 1. The van der Waals surface area contributed by atoms with Gasteiger partial charge in [0.05, 0.1) is 0 Å². The summed E-state index contributed by atoms with van der Waals surface area (Å²) in [6.07, 6.45) is 0. The van der Waals surface area contributed by atoms with Crippen molar-refractivity contribution in [2.45, 2.75) is 6.92 Å². The maximum atomic E-state index is 10.1. The highest BCUT2D eigenvalue weighted by atomic mass is 16.4. The molecule has 17 heavy (non-hydrogen) atoms. The van der Waals surface area contributed by atoms with Crippen molar-refractivity contribution < 1.29 is 14.3 Å². The van der Waals surface area contributed by atoms with Gasteiger partial charge in [-0.05, 0) is 43.3 Å². The van der Waals surface area contributed by atoms with Crippen LogP contribution in [0.3, 0.4) is 0 Å². The van der Waals surface area contributed by atoms with E-state index in [1.165, 1.54) is 6.07 Å². The molecule has 1 heterocycles. The van der Waals surface area contributed by atoms with E-state index in [1.807, 2.05) is 0 Å². The molecule has 2 aromatic rings. The van der Waals surface area contributed by atoms with Gasteiger partial charge in [-0.3, -0.25) is 0 Å². The molecule has 0 atom stereocenters. The first kappa shape index (κ1) is 12.6. The summed E-state index contributed by atoms with van der Waals surface area (Å²) in [7, 11) is 0. The molecule has 1 aromatic carbocycles. The van der Waals surface area contributed by atoms with Gasteiger partial charge in [0.2, 0.25) is 5.76 Å². The molecule has 1 aromatic heterocycles. The Morgan fingerprint density at radius 2 is 1.53 bits per heavy atom. The number of aromatic carboxylic acids is 1. The third kappa shape index (κ3) is 4.29. The molecular formula is C12H14N2O3. The lowest BCUT2D eigenvalue weighted by Gasteiger charge is -1.90. The molecule has 0 bridgehead atoms. The minimum atomic E-state index is -1.02. The van der Waals surface area contributed by atoms with Crippen LogP contribution in [0.4, 0.5) is 11.4 Å². The summed E-state index contributed by atoms with van der Waals surface area (Å²) in [6, 6.07) is 10.1. The molecule has 90 valence electrons. The van der Waals surface area contributed by atoms with Crippen LogP contribution in [0.25, 0.3) is 0 Å². The van der Waals surface area contributed by atoms with Crippen LogP contribution in [-0.2, 0) is 0 Å². The average molecular weight is 234 g/mol. The van der Waals surface area contributed by atoms with Crippen molar-refractivity contribution in [3.8, 4) is 0 Å². The fraction of sp³-hybridized carbons (Fsp3) is 0.0833. The number of carboxylic acids is 1. The normalized spacial score (nSPS) is 9.24. The van der Waals surface area contributed by atoms with Gasteiger partial charge in [0.15, 0.2) is 0 Å². The van der Waals surface area contributed by atoms with Crippen LogP contribution in [0.5, 0.6) is 0 Å². The highest BCUT2D eigenvalue weighted by Crippen LogP contribution is 2.05. The number of hydrogen-bond acceptors (Lipinski definition) is 4. The summed E-state index contributed by atoms with van der Waals surface area (Å²) in [4.78, 5) is 10.1. The summed E-state index contributed by atoms with van der Waals surface area (Å²) < 4.78 is 4.75. The van der Waals surface area contributed by atoms with Crippen molar-refractivity contribution in [2.24, 2.45) is 0 Å². The van der Waals surface area contributed by atoms with E-state index in [1.54, 1.807) is 37.3 Å². The van der Waals surface area contributed by atoms with Crippen LogP contribution < -0.4 is 11.5 Å². The number of furan rings is 1. The van der Waals surface area contributed by atoms with Crippen LogP contribution in [0.15, 0.2) is 40.8 Å². The molecule has 0 aliphatic carbocycles. The van der Waals surface area contributed by atoms with E-state index in [4.69, 9.17) is 21.0 Å². The monoisotopic (exact) mass is 234 g/mol. The number of anilines is 2. The Balaban J connectivity index is 0.000000171. The molecule has 5 heteroatoms. The zero-order chi connectivity index (χ0) is 12.8. The second kappa shape index (κ2) is 5.60. The van der Waals surface area contributed by atoms with Crippen molar-refractivity contribution in [1.82, 2.24) is 0 Å². The van der Waals surface area contributed by atoms with E-state index in [0.717, 1.165) is 11.4 Å². The maximum absolute atomic E-state index is 10.1. The lowest BCUT2D eigenvalue weighted by Crippen LogP contribution is -1.91.